The Morgan fingerprint density at radius 3 is 2.60 bits per heavy atom. The van der Waals surface area contributed by atoms with Crippen LogP contribution in [0, 0.1) is 0 Å². The van der Waals surface area contributed by atoms with Crippen molar-refractivity contribution in [1.29, 1.82) is 0 Å². The van der Waals surface area contributed by atoms with Gasteiger partial charge < -0.3 is 4.74 Å². The summed E-state index contributed by atoms with van der Waals surface area (Å²) in [6, 6.07) is 9.06. The lowest BCUT2D eigenvalue weighted by Crippen LogP contribution is -2.02. The predicted molar refractivity (Wildman–Crippen MR) is 108 cm³/mol. The molecule has 0 saturated carbocycles. The lowest BCUT2D eigenvalue weighted by atomic mass is 10.1. The molecule has 4 nitrogen and oxygen atoms in total. The lowest BCUT2D eigenvalue weighted by molar-refractivity contribution is 0.0593. The van der Waals surface area contributed by atoms with E-state index in [-0.39, 0.29) is 5.69 Å². The number of allylic oxidation sites excluding steroid dienone is 3. The molecule has 6 heteroatoms. The highest BCUT2D eigenvalue weighted by Crippen LogP contribution is 2.28. The average molecular weight is 426 g/mol. The number of aromatic nitrogens is 2. The summed E-state index contributed by atoms with van der Waals surface area (Å²) >= 11 is 9.44. The maximum absolute atomic E-state index is 11.5. The molecule has 0 radical (unpaired) electrons. The summed E-state index contributed by atoms with van der Waals surface area (Å²) < 4.78 is 6.28. The van der Waals surface area contributed by atoms with Crippen LogP contribution in [-0.4, -0.2) is 28.2 Å². The highest BCUT2D eigenvalue weighted by atomic mass is 79.9. The fourth-order valence-electron chi connectivity index (χ4n) is 1.95. The van der Waals surface area contributed by atoms with Crippen LogP contribution >= 0.6 is 27.5 Å². The quantitative estimate of drug-likeness (QED) is 0.344. The van der Waals surface area contributed by atoms with E-state index in [1.165, 1.54) is 7.11 Å². The molecule has 0 aliphatic heterocycles. The second-order valence-electron chi connectivity index (χ2n) is 4.85. The van der Waals surface area contributed by atoms with Crippen LogP contribution < -0.4 is 0 Å². The highest BCUT2D eigenvalue weighted by Gasteiger charge is 2.16. The topological polar surface area (TPSA) is 44.1 Å². The molecule has 0 spiro atoms. The van der Waals surface area contributed by atoms with Crippen molar-refractivity contribution in [2.24, 2.45) is 0 Å². The molecule has 0 aliphatic rings. The number of esters is 1. The standard InChI is InChI=1S/C14H13ClN2O2.C5H9Br/c1-3-8-17-13(9-12(16-17)14(18)19-2)10-6-4-5-7-11(10)15;1-2-3-4-5-6/h3-9H,1-2H3;3-4H,2,5H2,1H3/b8-3+;4-3-. The van der Waals surface area contributed by atoms with E-state index in [9.17, 15) is 4.79 Å². The molecular formula is C19H22BrClN2O2. The minimum absolute atomic E-state index is 0.246. The Morgan fingerprint density at radius 1 is 1.36 bits per heavy atom. The first-order chi connectivity index (χ1) is 12.1. The van der Waals surface area contributed by atoms with E-state index < -0.39 is 5.97 Å². The molecule has 1 aromatic heterocycles. The molecular weight excluding hydrogens is 404 g/mol. The second kappa shape index (κ2) is 11.7. The molecule has 0 aliphatic carbocycles. The lowest BCUT2D eigenvalue weighted by Gasteiger charge is -2.04. The maximum atomic E-state index is 11.5. The van der Waals surface area contributed by atoms with E-state index >= 15 is 0 Å². The number of rotatable bonds is 5. The van der Waals surface area contributed by atoms with Gasteiger partial charge in [-0.2, -0.15) is 5.10 Å². The van der Waals surface area contributed by atoms with Crippen LogP contribution in [0.1, 0.15) is 30.8 Å². The van der Waals surface area contributed by atoms with Crippen molar-refractivity contribution in [3.8, 4) is 11.3 Å². The third-order valence-corrected chi connectivity index (χ3v) is 3.77. The van der Waals surface area contributed by atoms with E-state index in [2.05, 4.69) is 44.8 Å². The summed E-state index contributed by atoms with van der Waals surface area (Å²) in [5.41, 5.74) is 1.80. The number of hydrogen-bond acceptors (Lipinski definition) is 3. The number of carbonyl (C=O) groups excluding carboxylic acids is 1. The van der Waals surface area contributed by atoms with Gasteiger partial charge in [0.25, 0.3) is 0 Å². The first kappa shape index (κ1) is 21.2. The SMILES string of the molecule is C/C=C/n1nc(C(=O)OC)cc1-c1ccccc1Cl.CC/C=C\CBr. The van der Waals surface area contributed by atoms with Crippen molar-refractivity contribution in [1.82, 2.24) is 9.78 Å². The minimum atomic E-state index is -0.475. The first-order valence-electron chi connectivity index (χ1n) is 7.85. The van der Waals surface area contributed by atoms with Gasteiger partial charge in [0.2, 0.25) is 0 Å². The van der Waals surface area contributed by atoms with Crippen molar-refractivity contribution in [2.45, 2.75) is 20.3 Å². The number of halogens is 2. The Balaban J connectivity index is 0.000000450. The van der Waals surface area contributed by atoms with Crippen LogP contribution in [0.25, 0.3) is 17.5 Å². The van der Waals surface area contributed by atoms with E-state index in [1.54, 1.807) is 23.0 Å². The molecule has 0 N–H and O–H groups in total. The predicted octanol–water partition coefficient (Wildman–Crippen LogP) is 5.83. The molecule has 2 rings (SSSR count). The maximum Gasteiger partial charge on any atom is 0.358 e. The Labute approximate surface area is 162 Å². The van der Waals surface area contributed by atoms with Gasteiger partial charge in [0.15, 0.2) is 5.69 Å². The summed E-state index contributed by atoms with van der Waals surface area (Å²) in [6.07, 6.45) is 8.96. The molecule has 0 bridgehead atoms. The normalized spacial score (nSPS) is 10.8. The second-order valence-corrected chi connectivity index (χ2v) is 5.90. The van der Waals surface area contributed by atoms with Gasteiger partial charge in [-0.25, -0.2) is 9.48 Å². The van der Waals surface area contributed by atoms with Gasteiger partial charge in [-0.1, -0.05) is 70.9 Å². The largest absolute Gasteiger partial charge is 0.464 e. The number of hydrogen-bond donors (Lipinski definition) is 0. The zero-order chi connectivity index (χ0) is 18.7. The average Bonchev–Trinajstić information content (AvgIpc) is 3.04. The summed E-state index contributed by atoms with van der Waals surface area (Å²) in [6.45, 7) is 4.00. The van der Waals surface area contributed by atoms with Crippen LogP contribution in [0.15, 0.2) is 48.6 Å². The van der Waals surface area contributed by atoms with E-state index in [0.29, 0.717) is 5.02 Å². The summed E-state index contributed by atoms with van der Waals surface area (Å²) in [5.74, 6) is -0.475. The molecule has 0 amide bonds. The summed E-state index contributed by atoms with van der Waals surface area (Å²) in [7, 11) is 1.33. The number of methoxy groups -OCH3 is 1. The zero-order valence-corrected chi connectivity index (χ0v) is 16.9. The molecule has 0 saturated heterocycles. The van der Waals surface area contributed by atoms with E-state index in [1.807, 2.05) is 31.2 Å². The van der Waals surface area contributed by atoms with Crippen LogP contribution in [0.3, 0.4) is 0 Å². The van der Waals surface area contributed by atoms with Crippen molar-refractivity contribution in [3.63, 3.8) is 0 Å². The highest BCUT2D eigenvalue weighted by molar-refractivity contribution is 9.09. The fraction of sp³-hybridized carbons (Fsp3) is 0.263. The van der Waals surface area contributed by atoms with Crippen molar-refractivity contribution in [2.75, 3.05) is 12.4 Å². The smallest absolute Gasteiger partial charge is 0.358 e. The van der Waals surface area contributed by atoms with Crippen LogP contribution in [0.5, 0.6) is 0 Å². The van der Waals surface area contributed by atoms with Gasteiger partial charge in [0, 0.05) is 22.1 Å². The van der Waals surface area contributed by atoms with E-state index in [0.717, 1.165) is 23.0 Å². The van der Waals surface area contributed by atoms with Gasteiger partial charge in [-0.05, 0) is 25.5 Å². The third kappa shape index (κ3) is 6.52. The molecule has 0 atom stereocenters. The van der Waals surface area contributed by atoms with Gasteiger partial charge in [-0.3, -0.25) is 0 Å². The molecule has 0 fully saturated rings. The van der Waals surface area contributed by atoms with Gasteiger partial charge in [0.05, 0.1) is 12.8 Å². The van der Waals surface area contributed by atoms with Crippen LogP contribution in [-0.2, 0) is 4.74 Å². The zero-order valence-electron chi connectivity index (χ0n) is 14.6. The van der Waals surface area contributed by atoms with Crippen LogP contribution in [0.2, 0.25) is 5.02 Å². The Bertz CT molecular complexity index is 733. The molecule has 1 heterocycles. The molecule has 25 heavy (non-hydrogen) atoms. The Morgan fingerprint density at radius 2 is 2.08 bits per heavy atom. The molecule has 0 unspecified atom stereocenters. The van der Waals surface area contributed by atoms with Crippen molar-refractivity contribution in [3.05, 3.63) is 59.3 Å². The minimum Gasteiger partial charge on any atom is -0.464 e. The number of ether oxygens (including phenoxy) is 1. The van der Waals surface area contributed by atoms with E-state index in [4.69, 9.17) is 11.6 Å². The number of nitrogens with zero attached hydrogens (tertiary/aromatic N) is 2. The van der Waals surface area contributed by atoms with Gasteiger partial charge >= 0.3 is 5.97 Å². The summed E-state index contributed by atoms with van der Waals surface area (Å²) in [5, 5.41) is 5.77. The van der Waals surface area contributed by atoms with Gasteiger partial charge in [0.1, 0.15) is 0 Å². The first-order valence-corrected chi connectivity index (χ1v) is 9.35. The monoisotopic (exact) mass is 424 g/mol. The van der Waals surface area contributed by atoms with Crippen molar-refractivity contribution >= 4 is 39.7 Å². The molecule has 134 valence electrons. The number of benzene rings is 1. The van der Waals surface area contributed by atoms with Gasteiger partial charge in [-0.15, -0.1) is 0 Å². The summed E-state index contributed by atoms with van der Waals surface area (Å²) in [4.78, 5) is 11.5. The fourth-order valence-corrected chi connectivity index (χ4v) is 2.45. The Kier molecular flexibility index (Phi) is 9.88. The third-order valence-electron chi connectivity index (χ3n) is 3.06. The van der Waals surface area contributed by atoms with Crippen LogP contribution in [0.4, 0.5) is 0 Å². The number of carbonyl (C=O) groups is 1. The number of alkyl halides is 1. The molecule has 2 aromatic rings. The molecule has 1 aromatic carbocycles. The van der Waals surface area contributed by atoms with Crippen molar-refractivity contribution < 1.29 is 9.53 Å². The Hall–Kier alpha value is -1.85.